The summed E-state index contributed by atoms with van der Waals surface area (Å²) in [6, 6.07) is 5.24. The highest BCUT2D eigenvalue weighted by atomic mass is 16.5. The van der Waals surface area contributed by atoms with Crippen LogP contribution in [0.3, 0.4) is 0 Å². The van der Waals surface area contributed by atoms with Crippen molar-refractivity contribution in [1.29, 1.82) is 0 Å². The van der Waals surface area contributed by atoms with Crippen LogP contribution in [0, 0.1) is 5.92 Å². The molecular formula is C21H24N6O3. The summed E-state index contributed by atoms with van der Waals surface area (Å²) in [6.45, 7) is 1.87. The maximum absolute atomic E-state index is 12.8. The molecule has 9 nitrogen and oxygen atoms in total. The quantitative estimate of drug-likeness (QED) is 0.636. The first-order valence-corrected chi connectivity index (χ1v) is 9.89. The first-order valence-electron chi connectivity index (χ1n) is 9.89. The minimum absolute atomic E-state index is 0.0712. The maximum atomic E-state index is 12.8. The molecule has 30 heavy (non-hydrogen) atoms. The molecule has 9 heteroatoms. The third-order valence-corrected chi connectivity index (χ3v) is 5.41. The molecule has 1 amide bonds. The minimum Gasteiger partial charge on any atom is -0.479 e. The highest BCUT2D eigenvalue weighted by Crippen LogP contribution is 2.23. The SMILES string of the molecule is COc1nn(C)cc1C(=O)N1CCC(Cn2cnc(-c3cccnc3)cc2=O)CC1. The van der Waals surface area contributed by atoms with E-state index in [9.17, 15) is 9.59 Å². The monoisotopic (exact) mass is 408 g/mol. The van der Waals surface area contributed by atoms with E-state index in [1.54, 1.807) is 47.3 Å². The summed E-state index contributed by atoms with van der Waals surface area (Å²) in [5.74, 6) is 0.586. The zero-order valence-corrected chi connectivity index (χ0v) is 17.1. The van der Waals surface area contributed by atoms with Crippen LogP contribution in [-0.2, 0) is 13.6 Å². The van der Waals surface area contributed by atoms with E-state index < -0.39 is 0 Å². The Kier molecular flexibility index (Phi) is 5.60. The van der Waals surface area contributed by atoms with E-state index in [1.807, 2.05) is 17.0 Å². The number of likely N-dealkylation sites (tertiary alicyclic amines) is 1. The number of methoxy groups -OCH3 is 1. The van der Waals surface area contributed by atoms with E-state index in [2.05, 4.69) is 15.1 Å². The lowest BCUT2D eigenvalue weighted by atomic mass is 9.96. The van der Waals surface area contributed by atoms with Gasteiger partial charge in [0.25, 0.3) is 11.5 Å². The summed E-state index contributed by atoms with van der Waals surface area (Å²) in [4.78, 5) is 35.6. The van der Waals surface area contributed by atoms with Crippen molar-refractivity contribution >= 4 is 5.91 Å². The van der Waals surface area contributed by atoms with E-state index >= 15 is 0 Å². The number of piperidine rings is 1. The Labute approximate surface area is 173 Å². The van der Waals surface area contributed by atoms with Crippen molar-refractivity contribution in [3.8, 4) is 17.1 Å². The fourth-order valence-electron chi connectivity index (χ4n) is 3.77. The van der Waals surface area contributed by atoms with Crippen molar-refractivity contribution in [2.45, 2.75) is 19.4 Å². The van der Waals surface area contributed by atoms with Gasteiger partial charge in [0.1, 0.15) is 5.56 Å². The average Bonchev–Trinajstić information content (AvgIpc) is 3.16. The van der Waals surface area contributed by atoms with E-state index in [0.717, 1.165) is 18.4 Å². The molecule has 0 radical (unpaired) electrons. The maximum Gasteiger partial charge on any atom is 0.260 e. The summed E-state index contributed by atoms with van der Waals surface area (Å²) in [7, 11) is 3.27. The molecule has 0 unspecified atom stereocenters. The Balaban J connectivity index is 1.38. The van der Waals surface area contributed by atoms with Crippen LogP contribution in [0.25, 0.3) is 11.3 Å². The number of carbonyl (C=O) groups excluding carboxylic acids is 1. The third-order valence-electron chi connectivity index (χ3n) is 5.41. The number of hydrogen-bond acceptors (Lipinski definition) is 6. The van der Waals surface area contributed by atoms with Crippen LogP contribution in [0.5, 0.6) is 5.88 Å². The summed E-state index contributed by atoms with van der Waals surface area (Å²) in [6.07, 6.45) is 8.31. The van der Waals surface area contributed by atoms with Crippen LogP contribution >= 0.6 is 0 Å². The second-order valence-corrected chi connectivity index (χ2v) is 7.47. The zero-order valence-electron chi connectivity index (χ0n) is 17.1. The van der Waals surface area contributed by atoms with E-state index in [4.69, 9.17) is 4.74 Å². The molecule has 1 fully saturated rings. The molecule has 4 rings (SSSR count). The van der Waals surface area contributed by atoms with Crippen LogP contribution in [0.1, 0.15) is 23.2 Å². The van der Waals surface area contributed by atoms with Crippen molar-refractivity contribution in [2.24, 2.45) is 13.0 Å². The van der Waals surface area contributed by atoms with Crippen LogP contribution in [0.2, 0.25) is 0 Å². The lowest BCUT2D eigenvalue weighted by molar-refractivity contribution is 0.0679. The molecule has 3 aromatic rings. The Morgan fingerprint density at radius 1 is 1.30 bits per heavy atom. The van der Waals surface area contributed by atoms with Gasteiger partial charge in [-0.05, 0) is 30.9 Å². The molecule has 0 atom stereocenters. The van der Waals surface area contributed by atoms with E-state index in [1.165, 1.54) is 7.11 Å². The van der Waals surface area contributed by atoms with Gasteiger partial charge in [0, 0.05) is 56.9 Å². The number of nitrogens with zero attached hydrogens (tertiary/aromatic N) is 6. The van der Waals surface area contributed by atoms with Gasteiger partial charge in [-0.25, -0.2) is 4.98 Å². The topological polar surface area (TPSA) is 95.1 Å². The molecule has 1 aliphatic heterocycles. The van der Waals surface area contributed by atoms with Crippen molar-refractivity contribution in [3.05, 3.63) is 59.0 Å². The second-order valence-electron chi connectivity index (χ2n) is 7.47. The standard InChI is InChI=1S/C21H24N6O3/c1-25-13-17(20(24-25)30-2)21(29)26-8-5-15(6-9-26)12-27-14-23-18(10-19(27)28)16-4-3-7-22-11-16/h3-4,7,10-11,13-15H,5-6,8-9,12H2,1-2H3. The third kappa shape index (κ3) is 4.10. The van der Waals surface area contributed by atoms with E-state index in [-0.39, 0.29) is 11.5 Å². The largest absolute Gasteiger partial charge is 0.479 e. The van der Waals surface area contributed by atoms with Crippen LogP contribution in [0.4, 0.5) is 0 Å². The molecule has 0 N–H and O–H groups in total. The first kappa shape index (κ1) is 19.8. The van der Waals surface area contributed by atoms with Gasteiger partial charge < -0.3 is 9.64 Å². The van der Waals surface area contributed by atoms with Gasteiger partial charge in [-0.3, -0.25) is 23.8 Å². The summed E-state index contributed by atoms with van der Waals surface area (Å²) in [5, 5.41) is 4.15. The number of ether oxygens (including phenoxy) is 1. The predicted octanol–water partition coefficient (Wildman–Crippen LogP) is 1.60. The van der Waals surface area contributed by atoms with Gasteiger partial charge in [0.2, 0.25) is 5.88 Å². The Hall–Kier alpha value is -3.49. The summed E-state index contributed by atoms with van der Waals surface area (Å²) >= 11 is 0. The number of amides is 1. The number of rotatable bonds is 5. The number of hydrogen-bond donors (Lipinski definition) is 0. The summed E-state index contributed by atoms with van der Waals surface area (Å²) < 4.78 is 8.43. The number of carbonyl (C=O) groups is 1. The molecule has 0 saturated carbocycles. The zero-order chi connectivity index (χ0) is 21.1. The predicted molar refractivity (Wildman–Crippen MR) is 110 cm³/mol. The Bertz CT molecular complexity index is 1080. The highest BCUT2D eigenvalue weighted by Gasteiger charge is 2.27. The number of aryl methyl sites for hydroxylation is 1. The van der Waals surface area contributed by atoms with Gasteiger partial charge in [-0.15, -0.1) is 5.10 Å². The lowest BCUT2D eigenvalue weighted by Gasteiger charge is -2.32. The van der Waals surface area contributed by atoms with Gasteiger partial charge >= 0.3 is 0 Å². The smallest absolute Gasteiger partial charge is 0.260 e. The molecular weight excluding hydrogens is 384 g/mol. The van der Waals surface area contributed by atoms with Crippen molar-refractivity contribution in [1.82, 2.24) is 29.2 Å². The molecule has 3 aromatic heterocycles. The van der Waals surface area contributed by atoms with Gasteiger partial charge in [-0.2, -0.15) is 0 Å². The van der Waals surface area contributed by atoms with Crippen LogP contribution in [-0.4, -0.2) is 55.3 Å². The molecule has 0 spiro atoms. The fourth-order valence-corrected chi connectivity index (χ4v) is 3.77. The Morgan fingerprint density at radius 2 is 2.10 bits per heavy atom. The molecule has 4 heterocycles. The normalized spacial score (nSPS) is 14.7. The molecule has 0 bridgehead atoms. The van der Waals surface area contributed by atoms with Gasteiger partial charge in [-0.1, -0.05) is 0 Å². The van der Waals surface area contributed by atoms with Crippen molar-refractivity contribution in [2.75, 3.05) is 20.2 Å². The molecule has 1 aliphatic rings. The van der Waals surface area contributed by atoms with Crippen LogP contribution < -0.4 is 10.3 Å². The van der Waals surface area contributed by atoms with Crippen molar-refractivity contribution < 1.29 is 9.53 Å². The van der Waals surface area contributed by atoms with Crippen molar-refractivity contribution in [3.63, 3.8) is 0 Å². The fraction of sp³-hybridized carbons (Fsp3) is 0.381. The second kappa shape index (κ2) is 8.48. The van der Waals surface area contributed by atoms with Crippen LogP contribution in [0.15, 0.2) is 47.9 Å². The number of aromatic nitrogens is 5. The highest BCUT2D eigenvalue weighted by molar-refractivity contribution is 5.96. The minimum atomic E-state index is -0.0811. The first-order chi connectivity index (χ1) is 14.5. The molecule has 0 aromatic carbocycles. The summed E-state index contributed by atoms with van der Waals surface area (Å²) in [5.41, 5.74) is 1.84. The molecule has 156 valence electrons. The average molecular weight is 408 g/mol. The lowest BCUT2D eigenvalue weighted by Crippen LogP contribution is -2.40. The van der Waals surface area contributed by atoms with E-state index in [0.29, 0.717) is 42.7 Å². The molecule has 0 aliphatic carbocycles. The molecule has 1 saturated heterocycles. The van der Waals surface area contributed by atoms with Gasteiger partial charge in [0.05, 0.1) is 19.1 Å². The van der Waals surface area contributed by atoms with Gasteiger partial charge in [0.15, 0.2) is 0 Å². The Morgan fingerprint density at radius 3 is 2.77 bits per heavy atom. The number of pyridine rings is 1.